The smallest absolute Gasteiger partial charge is 0.410 e. The molecular formula is C28H29NO6. The van der Waals surface area contributed by atoms with Crippen molar-refractivity contribution < 1.29 is 29.3 Å². The molecule has 1 atom stereocenters. The Hall–Kier alpha value is -3.84. The van der Waals surface area contributed by atoms with Crippen LogP contribution in [0.4, 0.5) is 4.79 Å². The van der Waals surface area contributed by atoms with Gasteiger partial charge in [0.1, 0.15) is 12.4 Å². The van der Waals surface area contributed by atoms with E-state index in [0.29, 0.717) is 37.1 Å². The van der Waals surface area contributed by atoms with E-state index in [2.05, 4.69) is 0 Å². The average Bonchev–Trinajstić information content (AvgIpc) is 2.91. The first-order chi connectivity index (χ1) is 17.0. The molecule has 0 radical (unpaired) electrons. The number of likely N-dealkylation sites (tertiary alicyclic amines) is 1. The van der Waals surface area contributed by atoms with Crippen molar-refractivity contribution in [2.24, 2.45) is 5.92 Å². The van der Waals surface area contributed by atoms with Crippen LogP contribution in [0.1, 0.15) is 29.5 Å². The maximum Gasteiger partial charge on any atom is 0.410 e. The minimum atomic E-state index is -2.00. The fourth-order valence-electron chi connectivity index (χ4n) is 4.18. The molecule has 1 saturated heterocycles. The summed E-state index contributed by atoms with van der Waals surface area (Å²) in [7, 11) is 0. The Balaban J connectivity index is 1.32. The Morgan fingerprint density at radius 1 is 0.829 bits per heavy atom. The molecular weight excluding hydrogens is 446 g/mol. The van der Waals surface area contributed by atoms with Crippen LogP contribution in [-0.2, 0) is 26.5 Å². The maximum absolute atomic E-state index is 13.2. The van der Waals surface area contributed by atoms with Crippen LogP contribution in [0.15, 0.2) is 84.9 Å². The number of carbonyl (C=O) groups is 2. The van der Waals surface area contributed by atoms with Gasteiger partial charge in [-0.1, -0.05) is 72.8 Å². The first-order valence-electron chi connectivity index (χ1n) is 11.7. The van der Waals surface area contributed by atoms with Crippen LogP contribution in [0.3, 0.4) is 0 Å². The molecule has 3 aromatic rings. The zero-order valence-electron chi connectivity index (χ0n) is 19.4. The normalized spacial score (nSPS) is 15.7. The van der Waals surface area contributed by atoms with E-state index >= 15 is 0 Å². The lowest BCUT2D eigenvalue weighted by Crippen LogP contribution is -2.42. The first kappa shape index (κ1) is 24.3. The van der Waals surface area contributed by atoms with Crippen molar-refractivity contribution in [3.8, 4) is 5.75 Å². The van der Waals surface area contributed by atoms with Gasteiger partial charge in [0, 0.05) is 13.1 Å². The number of carbonyl (C=O) groups excluding carboxylic acids is 2. The summed E-state index contributed by atoms with van der Waals surface area (Å²) >= 11 is 0. The van der Waals surface area contributed by atoms with Crippen LogP contribution in [-0.4, -0.2) is 46.9 Å². The van der Waals surface area contributed by atoms with E-state index in [1.807, 2.05) is 30.3 Å². The quantitative estimate of drug-likeness (QED) is 0.497. The van der Waals surface area contributed by atoms with E-state index in [9.17, 15) is 19.8 Å². The van der Waals surface area contributed by atoms with Crippen LogP contribution in [0.25, 0.3) is 0 Å². The molecule has 1 heterocycles. The summed E-state index contributed by atoms with van der Waals surface area (Å²) in [5.74, 6) is -0.678. The van der Waals surface area contributed by atoms with Gasteiger partial charge in [-0.15, -0.1) is 0 Å². The van der Waals surface area contributed by atoms with Gasteiger partial charge in [0.15, 0.2) is 0 Å². The number of phenols is 1. The predicted octanol–water partition coefficient (Wildman–Crippen LogP) is 4.22. The average molecular weight is 476 g/mol. The Labute approximate surface area is 204 Å². The number of aromatic hydroxyl groups is 1. The van der Waals surface area contributed by atoms with Crippen LogP contribution in [0.5, 0.6) is 5.75 Å². The van der Waals surface area contributed by atoms with Gasteiger partial charge in [-0.25, -0.2) is 9.59 Å². The van der Waals surface area contributed by atoms with E-state index < -0.39 is 11.6 Å². The van der Waals surface area contributed by atoms with E-state index in [-0.39, 0.29) is 31.0 Å². The fraction of sp³-hybridized carbons (Fsp3) is 0.286. The molecule has 1 aliphatic heterocycles. The number of aliphatic hydroxyl groups is 1. The molecule has 0 bridgehead atoms. The molecule has 0 aliphatic carbocycles. The van der Waals surface area contributed by atoms with Crippen molar-refractivity contribution in [3.05, 3.63) is 102 Å². The maximum atomic E-state index is 13.2. The van der Waals surface area contributed by atoms with E-state index in [4.69, 9.17) is 9.47 Å². The molecule has 35 heavy (non-hydrogen) atoms. The number of hydrogen-bond donors (Lipinski definition) is 2. The molecule has 7 heteroatoms. The molecule has 0 unspecified atom stereocenters. The molecule has 182 valence electrons. The number of rotatable bonds is 7. The van der Waals surface area contributed by atoms with E-state index in [1.165, 1.54) is 24.3 Å². The topological polar surface area (TPSA) is 96.3 Å². The van der Waals surface area contributed by atoms with Gasteiger partial charge in [-0.05, 0) is 47.6 Å². The van der Waals surface area contributed by atoms with Gasteiger partial charge in [-0.3, -0.25) is 0 Å². The van der Waals surface area contributed by atoms with Crippen molar-refractivity contribution >= 4 is 12.1 Å². The van der Waals surface area contributed by atoms with Gasteiger partial charge in [0.05, 0.1) is 6.61 Å². The van der Waals surface area contributed by atoms with Gasteiger partial charge in [-0.2, -0.15) is 0 Å². The summed E-state index contributed by atoms with van der Waals surface area (Å²) in [5, 5.41) is 21.1. The minimum Gasteiger partial charge on any atom is -0.508 e. The van der Waals surface area contributed by atoms with Crippen molar-refractivity contribution in [1.82, 2.24) is 4.90 Å². The highest BCUT2D eigenvalue weighted by Gasteiger charge is 2.42. The zero-order valence-corrected chi connectivity index (χ0v) is 19.4. The summed E-state index contributed by atoms with van der Waals surface area (Å²) in [6.45, 7) is 1.39. The summed E-state index contributed by atoms with van der Waals surface area (Å²) in [6.07, 6.45) is 0.975. The summed E-state index contributed by atoms with van der Waals surface area (Å²) in [5.41, 5.74) is -0.381. The number of ether oxygens (including phenoxy) is 2. The second-order valence-electron chi connectivity index (χ2n) is 8.69. The molecule has 1 aliphatic rings. The number of nitrogens with zero attached hydrogens (tertiary/aromatic N) is 1. The van der Waals surface area contributed by atoms with Crippen molar-refractivity contribution in [2.45, 2.75) is 25.0 Å². The molecule has 4 rings (SSSR count). The Bertz CT molecular complexity index is 1110. The van der Waals surface area contributed by atoms with Gasteiger partial charge >= 0.3 is 12.1 Å². The van der Waals surface area contributed by atoms with Gasteiger partial charge in [0.25, 0.3) is 0 Å². The Kier molecular flexibility index (Phi) is 7.67. The minimum absolute atomic E-state index is 0.0339. The monoisotopic (exact) mass is 475 g/mol. The van der Waals surface area contributed by atoms with E-state index in [0.717, 1.165) is 5.56 Å². The molecule has 1 amide bonds. The van der Waals surface area contributed by atoms with Crippen LogP contribution >= 0.6 is 0 Å². The van der Waals surface area contributed by atoms with Gasteiger partial charge < -0.3 is 24.6 Å². The highest BCUT2D eigenvalue weighted by atomic mass is 16.6. The third kappa shape index (κ3) is 5.81. The second kappa shape index (κ2) is 11.1. The number of amides is 1. The molecule has 7 nitrogen and oxygen atoms in total. The lowest BCUT2D eigenvalue weighted by atomic mass is 9.86. The molecule has 0 saturated carbocycles. The summed E-state index contributed by atoms with van der Waals surface area (Å²) < 4.78 is 11.0. The van der Waals surface area contributed by atoms with Crippen LogP contribution < -0.4 is 0 Å². The predicted molar refractivity (Wildman–Crippen MR) is 129 cm³/mol. The fourth-order valence-corrected chi connectivity index (χ4v) is 4.18. The summed E-state index contributed by atoms with van der Waals surface area (Å²) in [6, 6.07) is 24.0. The molecule has 0 aromatic heterocycles. The standard InChI is InChI=1S/C28H29NO6/c30-25-13-11-24(12-14-25)28(33,23-9-5-2-6-10-23)26(31)34-19-22-15-17-29(18-16-22)27(32)35-20-21-7-3-1-4-8-21/h1-14,22,30,33H,15-20H2/t28-/m0/s1. The SMILES string of the molecule is O=C(OCc1ccccc1)N1CCC(COC(=O)[C@](O)(c2ccccc2)c2ccc(O)cc2)CC1. The Morgan fingerprint density at radius 3 is 2.03 bits per heavy atom. The lowest BCUT2D eigenvalue weighted by Gasteiger charge is -2.32. The van der Waals surface area contributed by atoms with Crippen LogP contribution in [0.2, 0.25) is 0 Å². The largest absolute Gasteiger partial charge is 0.508 e. The number of esters is 1. The molecule has 3 aromatic carbocycles. The summed E-state index contributed by atoms with van der Waals surface area (Å²) in [4.78, 5) is 27.2. The third-order valence-electron chi connectivity index (χ3n) is 6.30. The number of hydrogen-bond acceptors (Lipinski definition) is 6. The molecule has 2 N–H and O–H groups in total. The van der Waals surface area contributed by atoms with Gasteiger partial charge in [0.2, 0.25) is 5.60 Å². The number of phenolic OH excluding ortho intramolecular Hbond substituents is 1. The number of piperidine rings is 1. The second-order valence-corrected chi connectivity index (χ2v) is 8.69. The third-order valence-corrected chi connectivity index (χ3v) is 6.30. The highest BCUT2D eigenvalue weighted by Crippen LogP contribution is 2.32. The van der Waals surface area contributed by atoms with Crippen molar-refractivity contribution in [2.75, 3.05) is 19.7 Å². The van der Waals surface area contributed by atoms with Crippen LogP contribution in [0, 0.1) is 5.92 Å². The lowest BCUT2D eigenvalue weighted by molar-refractivity contribution is -0.164. The van der Waals surface area contributed by atoms with Crippen molar-refractivity contribution in [1.29, 1.82) is 0 Å². The highest BCUT2D eigenvalue weighted by molar-refractivity contribution is 5.85. The first-order valence-corrected chi connectivity index (χ1v) is 11.7. The zero-order chi connectivity index (χ0) is 24.7. The molecule has 1 fully saturated rings. The van der Waals surface area contributed by atoms with Crippen molar-refractivity contribution in [3.63, 3.8) is 0 Å². The molecule has 0 spiro atoms. The van der Waals surface area contributed by atoms with E-state index in [1.54, 1.807) is 35.2 Å². The number of benzene rings is 3. The Morgan fingerprint density at radius 2 is 1.40 bits per heavy atom.